The Hall–Kier alpha value is -1.55. The van der Waals surface area contributed by atoms with Gasteiger partial charge >= 0.3 is 0 Å². The predicted octanol–water partition coefficient (Wildman–Crippen LogP) is 2.38. The largest absolute Gasteiger partial charge is 0.395 e. The highest BCUT2D eigenvalue weighted by Crippen LogP contribution is 2.18. The molecule has 1 N–H and O–H groups in total. The summed E-state index contributed by atoms with van der Waals surface area (Å²) in [5.41, 5.74) is 1.68. The minimum atomic E-state index is -0.00435. The van der Waals surface area contributed by atoms with E-state index in [9.17, 15) is 9.90 Å². The summed E-state index contributed by atoms with van der Waals surface area (Å²) in [6, 6.07) is 7.78. The maximum atomic E-state index is 12.7. The fourth-order valence-corrected chi connectivity index (χ4v) is 2.37. The van der Waals surface area contributed by atoms with E-state index in [-0.39, 0.29) is 18.6 Å². The van der Waals surface area contributed by atoms with Gasteiger partial charge in [0.2, 0.25) is 0 Å². The van der Waals surface area contributed by atoms with Crippen molar-refractivity contribution in [3.05, 3.63) is 29.8 Å². The molecule has 1 aromatic rings. The summed E-state index contributed by atoms with van der Waals surface area (Å²) in [5, 5.41) is 9.21. The third kappa shape index (κ3) is 3.97. The van der Waals surface area contributed by atoms with Crippen LogP contribution >= 0.6 is 0 Å². The van der Waals surface area contributed by atoms with E-state index >= 15 is 0 Å². The lowest BCUT2D eigenvalue weighted by Gasteiger charge is -2.30. The molecular weight excluding hydrogens is 252 g/mol. The molecule has 0 spiro atoms. The normalized spacial score (nSPS) is 10.7. The quantitative estimate of drug-likeness (QED) is 0.833. The molecule has 4 heteroatoms. The van der Waals surface area contributed by atoms with Gasteiger partial charge in [0.05, 0.1) is 6.61 Å². The number of aliphatic hydroxyl groups excluding tert-OH is 1. The van der Waals surface area contributed by atoms with E-state index < -0.39 is 0 Å². The van der Waals surface area contributed by atoms with E-state index in [1.54, 1.807) is 4.90 Å². The highest BCUT2D eigenvalue weighted by atomic mass is 16.3. The van der Waals surface area contributed by atoms with Gasteiger partial charge in [0.15, 0.2) is 0 Å². The first kappa shape index (κ1) is 16.5. The second-order valence-corrected chi connectivity index (χ2v) is 5.14. The number of carbonyl (C=O) groups excluding carboxylic acids is 1. The fourth-order valence-electron chi connectivity index (χ4n) is 2.37. The zero-order valence-electron chi connectivity index (χ0n) is 13.0. The van der Waals surface area contributed by atoms with Gasteiger partial charge in [0.25, 0.3) is 5.91 Å². The molecule has 0 atom stereocenters. The molecule has 112 valence electrons. The lowest BCUT2D eigenvalue weighted by Crippen LogP contribution is -2.41. The summed E-state index contributed by atoms with van der Waals surface area (Å²) in [4.78, 5) is 16.4. The highest BCUT2D eigenvalue weighted by Gasteiger charge is 2.22. The molecule has 0 fully saturated rings. The van der Waals surface area contributed by atoms with Crippen LogP contribution < -0.4 is 4.90 Å². The van der Waals surface area contributed by atoms with Crippen LogP contribution in [0.2, 0.25) is 0 Å². The number of rotatable bonds is 7. The van der Waals surface area contributed by atoms with Gasteiger partial charge in [-0.05, 0) is 31.0 Å². The second-order valence-electron chi connectivity index (χ2n) is 5.14. The van der Waals surface area contributed by atoms with Crippen LogP contribution in [0.4, 0.5) is 5.69 Å². The Morgan fingerprint density at radius 2 is 1.90 bits per heavy atom. The number of amides is 1. The Kier molecular flexibility index (Phi) is 6.52. The van der Waals surface area contributed by atoms with Crippen molar-refractivity contribution < 1.29 is 9.90 Å². The first-order valence-electron chi connectivity index (χ1n) is 7.24. The first-order valence-corrected chi connectivity index (χ1v) is 7.24. The molecule has 0 aliphatic carbocycles. The van der Waals surface area contributed by atoms with Crippen LogP contribution in [-0.2, 0) is 0 Å². The smallest absolute Gasteiger partial charge is 0.254 e. The lowest BCUT2D eigenvalue weighted by atomic mass is 10.1. The molecule has 0 heterocycles. The third-order valence-electron chi connectivity index (χ3n) is 3.59. The third-order valence-corrected chi connectivity index (χ3v) is 3.59. The number of benzene rings is 1. The molecule has 0 saturated carbocycles. The van der Waals surface area contributed by atoms with E-state index in [1.807, 2.05) is 43.3 Å². The fraction of sp³-hybridized carbons (Fsp3) is 0.562. The SMILES string of the molecule is CCC(CC)N(CCO)C(=O)c1cccc(N(C)C)c1. The Bertz CT molecular complexity index is 428. The maximum Gasteiger partial charge on any atom is 0.254 e. The van der Waals surface area contributed by atoms with Gasteiger partial charge in [-0.3, -0.25) is 4.79 Å². The topological polar surface area (TPSA) is 43.8 Å². The summed E-state index contributed by atoms with van der Waals surface area (Å²) in [7, 11) is 3.91. The van der Waals surface area contributed by atoms with Crippen LogP contribution in [0.1, 0.15) is 37.0 Å². The van der Waals surface area contributed by atoms with Crippen LogP contribution in [0, 0.1) is 0 Å². The molecule has 1 rings (SSSR count). The minimum Gasteiger partial charge on any atom is -0.395 e. The molecule has 1 aromatic carbocycles. The minimum absolute atomic E-state index is 0.00329. The standard InChI is InChI=1S/C16H26N2O2/c1-5-14(6-2)18(10-11-19)16(20)13-8-7-9-15(12-13)17(3)4/h7-9,12,14,19H,5-6,10-11H2,1-4H3. The molecule has 0 unspecified atom stereocenters. The molecule has 0 radical (unpaired) electrons. The van der Waals surface area contributed by atoms with Gasteiger partial charge in [-0.25, -0.2) is 0 Å². The zero-order valence-corrected chi connectivity index (χ0v) is 13.0. The summed E-state index contributed by atoms with van der Waals surface area (Å²) >= 11 is 0. The molecular formula is C16H26N2O2. The van der Waals surface area contributed by atoms with Crippen molar-refractivity contribution in [2.75, 3.05) is 32.1 Å². The van der Waals surface area contributed by atoms with E-state index in [1.165, 1.54) is 0 Å². The molecule has 0 aliphatic rings. The summed E-state index contributed by atoms with van der Waals surface area (Å²) < 4.78 is 0. The van der Waals surface area contributed by atoms with Crippen molar-refractivity contribution in [2.24, 2.45) is 0 Å². The van der Waals surface area contributed by atoms with Gasteiger partial charge in [0.1, 0.15) is 0 Å². The molecule has 1 amide bonds. The predicted molar refractivity (Wildman–Crippen MR) is 83.3 cm³/mol. The number of carbonyl (C=O) groups is 1. The lowest BCUT2D eigenvalue weighted by molar-refractivity contribution is 0.0622. The summed E-state index contributed by atoms with van der Waals surface area (Å²) in [6.07, 6.45) is 1.80. The van der Waals surface area contributed by atoms with Crippen LogP contribution in [0.15, 0.2) is 24.3 Å². The van der Waals surface area contributed by atoms with Gasteiger partial charge in [0, 0.05) is 37.9 Å². The molecule has 20 heavy (non-hydrogen) atoms. The van der Waals surface area contributed by atoms with Gasteiger partial charge in [-0.15, -0.1) is 0 Å². The van der Waals surface area contributed by atoms with E-state index in [0.717, 1.165) is 18.5 Å². The number of aliphatic hydroxyl groups is 1. The Morgan fingerprint density at radius 1 is 1.25 bits per heavy atom. The summed E-state index contributed by atoms with van der Waals surface area (Å²) in [6.45, 7) is 4.52. The van der Waals surface area contributed by atoms with E-state index in [2.05, 4.69) is 13.8 Å². The van der Waals surface area contributed by atoms with Crippen molar-refractivity contribution in [1.82, 2.24) is 4.90 Å². The van der Waals surface area contributed by atoms with Crippen LogP contribution in [0.5, 0.6) is 0 Å². The molecule has 4 nitrogen and oxygen atoms in total. The number of hydrogen-bond acceptors (Lipinski definition) is 3. The molecule has 0 aliphatic heterocycles. The average Bonchev–Trinajstić information content (AvgIpc) is 2.47. The van der Waals surface area contributed by atoms with Gasteiger partial charge in [-0.2, -0.15) is 0 Å². The second kappa shape index (κ2) is 7.90. The van der Waals surface area contributed by atoms with Crippen molar-refractivity contribution in [2.45, 2.75) is 32.7 Å². The monoisotopic (exact) mass is 278 g/mol. The summed E-state index contributed by atoms with van der Waals surface area (Å²) in [5.74, 6) is -0.00329. The van der Waals surface area contributed by atoms with Crippen LogP contribution in [0.25, 0.3) is 0 Å². The zero-order chi connectivity index (χ0) is 15.1. The van der Waals surface area contributed by atoms with Gasteiger partial charge < -0.3 is 14.9 Å². The number of nitrogens with zero attached hydrogens (tertiary/aromatic N) is 2. The van der Waals surface area contributed by atoms with Crippen LogP contribution in [-0.4, -0.2) is 49.2 Å². The first-order chi connectivity index (χ1) is 9.54. The molecule has 0 bridgehead atoms. The number of hydrogen-bond donors (Lipinski definition) is 1. The Balaban J connectivity index is 3.02. The average molecular weight is 278 g/mol. The Labute approximate surface area is 122 Å². The van der Waals surface area contributed by atoms with Gasteiger partial charge in [-0.1, -0.05) is 19.9 Å². The van der Waals surface area contributed by atoms with E-state index in [4.69, 9.17) is 0 Å². The Morgan fingerprint density at radius 3 is 2.40 bits per heavy atom. The molecule has 0 aromatic heterocycles. The number of anilines is 1. The maximum absolute atomic E-state index is 12.7. The molecule has 0 saturated heterocycles. The van der Waals surface area contributed by atoms with Crippen molar-refractivity contribution >= 4 is 11.6 Å². The highest BCUT2D eigenvalue weighted by molar-refractivity contribution is 5.95. The van der Waals surface area contributed by atoms with Crippen LogP contribution in [0.3, 0.4) is 0 Å². The van der Waals surface area contributed by atoms with Crippen molar-refractivity contribution in [1.29, 1.82) is 0 Å². The van der Waals surface area contributed by atoms with E-state index in [0.29, 0.717) is 12.1 Å². The van der Waals surface area contributed by atoms with Crippen molar-refractivity contribution in [3.8, 4) is 0 Å². The van der Waals surface area contributed by atoms with Crippen molar-refractivity contribution in [3.63, 3.8) is 0 Å².